The van der Waals surface area contributed by atoms with Gasteiger partial charge in [-0.15, -0.1) is 17.2 Å². The van der Waals surface area contributed by atoms with Gasteiger partial charge < -0.3 is 27.0 Å². The largest absolute Gasteiger partial charge is 2.00 e. The Hall–Kier alpha value is -5.00. The van der Waals surface area contributed by atoms with Crippen molar-refractivity contribution in [3.05, 3.63) is 96.2 Å². The second kappa shape index (κ2) is 20.1. The molecule has 15 heteroatoms. The minimum atomic E-state index is -1.02. The molecule has 304 valence electrons. The fourth-order valence-electron chi connectivity index (χ4n) is 6.73. The third-order valence-electron chi connectivity index (χ3n) is 9.91. The van der Waals surface area contributed by atoms with Gasteiger partial charge in [-0.05, 0) is 67.1 Å². The van der Waals surface area contributed by atoms with E-state index < -0.39 is 35.6 Å². The average Bonchev–Trinajstić information content (AvgIpc) is 3.68. The van der Waals surface area contributed by atoms with Crippen LogP contribution in [0.3, 0.4) is 0 Å². The van der Waals surface area contributed by atoms with Crippen molar-refractivity contribution in [1.29, 1.82) is 0 Å². The van der Waals surface area contributed by atoms with Crippen molar-refractivity contribution in [3.8, 4) is 22.9 Å². The molecule has 1 unspecified atom stereocenters. The van der Waals surface area contributed by atoms with Crippen molar-refractivity contribution in [2.24, 2.45) is 0 Å². The average molecular weight is 1020 g/mol. The number of carbonyl (C=O) groups excluding carboxylic acids is 5. The summed E-state index contributed by atoms with van der Waals surface area (Å²) >= 11 is 0. The summed E-state index contributed by atoms with van der Waals surface area (Å²) in [5.74, 6) is -1.08. The number of aromatic nitrogens is 3. The number of nitrogens with zero attached hydrogens (tertiary/aromatic N) is 4. The fourth-order valence-corrected chi connectivity index (χ4v) is 6.73. The van der Waals surface area contributed by atoms with Gasteiger partial charge in [0.05, 0.1) is 42.8 Å². The van der Waals surface area contributed by atoms with E-state index in [9.17, 15) is 24.0 Å². The molecule has 5 amide bonds. The minimum absolute atomic E-state index is 0. The number of benzene rings is 3. The molecule has 1 saturated heterocycles. The monoisotopic (exact) mass is 1020 g/mol. The zero-order chi connectivity index (χ0) is 40.0. The van der Waals surface area contributed by atoms with E-state index in [-0.39, 0.29) is 73.6 Å². The number of rotatable bonds is 16. The molecule has 0 aliphatic carbocycles. The van der Waals surface area contributed by atoms with E-state index in [2.05, 4.69) is 47.8 Å². The number of methoxy groups -OCH3 is 1. The standard InChI is InChI=1S/C42H47N6O8.CH3.U/c1-26-37(45-46-48(26)28-14-12-15-29(25-28)54-5)39(51)43-31-24-27(42(2,3)4)18-20-33(31)55-22-10-8-6-7-9-11-23-56-34-17-13-16-30-36(34)41(53)47(40(30)52)32-19-21-35(49)44-38(32)50;;/h12-13,15-18,20,24-25,32H,6-11,19,21-23H2,1-5H3,(H,43,51)(H,44,49,50);1H3;/q2*-1;+2. The van der Waals surface area contributed by atoms with Crippen LogP contribution in [-0.4, -0.2) is 75.8 Å². The predicted octanol–water partition coefficient (Wildman–Crippen LogP) is 6.58. The van der Waals surface area contributed by atoms with Crippen molar-refractivity contribution < 1.29 is 69.3 Å². The molecular formula is C43H50N6O8U. The number of hydrogen-bond donors (Lipinski definition) is 2. The molecule has 0 spiro atoms. The number of nitrogens with one attached hydrogen (secondary N) is 2. The van der Waals surface area contributed by atoms with Crippen molar-refractivity contribution in [1.82, 2.24) is 25.2 Å². The number of amides is 5. The van der Waals surface area contributed by atoms with Gasteiger partial charge >= 0.3 is 31.1 Å². The van der Waals surface area contributed by atoms with Gasteiger partial charge in [-0.25, -0.2) is 4.68 Å². The topological polar surface area (TPSA) is 171 Å². The maximum absolute atomic E-state index is 13.5. The molecule has 3 aromatic carbocycles. The van der Waals surface area contributed by atoms with Crippen LogP contribution in [0, 0.1) is 51.5 Å². The first-order valence-corrected chi connectivity index (χ1v) is 18.9. The van der Waals surface area contributed by atoms with Gasteiger partial charge in [0, 0.05) is 12.2 Å². The van der Waals surface area contributed by atoms with E-state index >= 15 is 0 Å². The summed E-state index contributed by atoms with van der Waals surface area (Å²) in [7, 11) is 1.58. The van der Waals surface area contributed by atoms with E-state index in [0.29, 0.717) is 47.5 Å². The van der Waals surface area contributed by atoms with Crippen molar-refractivity contribution in [2.45, 2.75) is 90.5 Å². The molecule has 0 radical (unpaired) electrons. The van der Waals surface area contributed by atoms with E-state index in [1.54, 1.807) is 55.1 Å². The van der Waals surface area contributed by atoms with Crippen LogP contribution >= 0.6 is 0 Å². The Morgan fingerprint density at radius 2 is 1.62 bits per heavy atom. The van der Waals surface area contributed by atoms with Crippen molar-refractivity contribution in [2.75, 3.05) is 25.6 Å². The van der Waals surface area contributed by atoms with Crippen LogP contribution in [0.1, 0.15) is 115 Å². The smallest absolute Gasteiger partial charge is 0.522 e. The molecule has 1 fully saturated rings. The zero-order valence-corrected chi connectivity index (χ0v) is 38.1. The molecule has 0 saturated carbocycles. The number of fused-ring (bicyclic) bond motifs is 1. The molecular weight excluding hydrogens is 967 g/mol. The summed E-state index contributed by atoms with van der Waals surface area (Å²) in [5.41, 5.74) is 3.15. The molecule has 4 aromatic rings. The van der Waals surface area contributed by atoms with E-state index in [1.165, 1.54) is 0 Å². The second-order valence-corrected chi connectivity index (χ2v) is 14.9. The Bertz CT molecular complexity index is 2140. The van der Waals surface area contributed by atoms with Gasteiger partial charge in [-0.3, -0.25) is 34.2 Å². The van der Waals surface area contributed by atoms with Crippen LogP contribution in [0.4, 0.5) is 5.69 Å². The van der Waals surface area contributed by atoms with Crippen LogP contribution < -0.4 is 24.8 Å². The summed E-state index contributed by atoms with van der Waals surface area (Å²) in [6, 6.07) is 18.1. The molecule has 2 aliphatic rings. The maximum atomic E-state index is 13.5. The number of carbonyl (C=O) groups is 5. The Balaban J connectivity index is 0.00000372. The Kier molecular flexibility index (Phi) is 15.9. The van der Waals surface area contributed by atoms with E-state index in [0.717, 1.165) is 49.0 Å². The fraction of sp³-hybridized carbons (Fsp3) is 0.395. The summed E-state index contributed by atoms with van der Waals surface area (Å²) < 4.78 is 19.0. The number of anilines is 1. The minimum Gasteiger partial charge on any atom is -0.522 e. The number of unbranched alkanes of at least 4 members (excludes halogenated alkanes) is 5. The molecule has 58 heavy (non-hydrogen) atoms. The van der Waals surface area contributed by atoms with Gasteiger partial charge in [0.15, 0.2) is 5.69 Å². The maximum Gasteiger partial charge on any atom is 2.00 e. The first-order valence-electron chi connectivity index (χ1n) is 18.9. The summed E-state index contributed by atoms with van der Waals surface area (Å²) in [6.45, 7) is 8.94. The Morgan fingerprint density at radius 3 is 2.29 bits per heavy atom. The predicted molar refractivity (Wildman–Crippen MR) is 213 cm³/mol. The summed E-state index contributed by atoms with van der Waals surface area (Å²) in [4.78, 5) is 64.8. The normalized spacial score (nSPS) is 14.9. The number of hydrogen-bond acceptors (Lipinski definition) is 10. The molecule has 0 bridgehead atoms. The van der Waals surface area contributed by atoms with Gasteiger partial charge in [-0.2, -0.15) is 12.1 Å². The van der Waals surface area contributed by atoms with Gasteiger partial charge in [-0.1, -0.05) is 63.8 Å². The quantitative estimate of drug-likeness (QED) is 0.0710. The zero-order valence-electron chi connectivity index (χ0n) is 33.9. The SMILES string of the molecule is COc1cc[c-]c(-n2nnc(C(=O)Nc3cc(C(C)(C)C)ccc3OCCCCCCCCOc3cccc4c3C(=O)N(C3CCC(=O)NC3=O)C4=O)c2C)c1.[CH3-].[U+2]. The number of piperidine rings is 1. The van der Waals surface area contributed by atoms with Crippen LogP contribution in [0.2, 0.25) is 0 Å². The van der Waals surface area contributed by atoms with Gasteiger partial charge in [0.1, 0.15) is 17.5 Å². The molecule has 2 aliphatic heterocycles. The molecule has 14 nitrogen and oxygen atoms in total. The molecule has 3 heterocycles. The molecule has 2 N–H and O–H groups in total. The first kappa shape index (κ1) is 45.7. The molecule has 1 aromatic heterocycles. The number of imide groups is 2. The second-order valence-electron chi connectivity index (χ2n) is 14.9. The van der Waals surface area contributed by atoms with Crippen LogP contribution in [0.15, 0.2) is 54.6 Å². The third-order valence-corrected chi connectivity index (χ3v) is 9.91. The number of ether oxygens (including phenoxy) is 3. The Morgan fingerprint density at radius 1 is 0.931 bits per heavy atom. The van der Waals surface area contributed by atoms with Crippen LogP contribution in [0.25, 0.3) is 5.69 Å². The van der Waals surface area contributed by atoms with E-state index in [4.69, 9.17) is 14.2 Å². The van der Waals surface area contributed by atoms with Crippen LogP contribution in [0.5, 0.6) is 17.2 Å². The van der Waals surface area contributed by atoms with Crippen molar-refractivity contribution in [3.63, 3.8) is 0 Å². The van der Waals surface area contributed by atoms with Crippen LogP contribution in [-0.2, 0) is 15.0 Å². The Labute approximate surface area is 363 Å². The first-order chi connectivity index (χ1) is 26.9. The van der Waals surface area contributed by atoms with Crippen molar-refractivity contribution >= 4 is 35.2 Å². The van der Waals surface area contributed by atoms with Gasteiger partial charge in [0.2, 0.25) is 11.8 Å². The molecule has 6 rings (SSSR count). The molecule has 1 atom stereocenters. The van der Waals surface area contributed by atoms with Gasteiger partial charge in [0.25, 0.3) is 17.7 Å². The third kappa shape index (κ3) is 10.3. The summed E-state index contributed by atoms with van der Waals surface area (Å²) in [5, 5.41) is 13.6. The summed E-state index contributed by atoms with van der Waals surface area (Å²) in [6.07, 6.45) is 5.57. The van der Waals surface area contributed by atoms with E-state index in [1.807, 2.05) is 18.2 Å².